The van der Waals surface area contributed by atoms with Crippen LogP contribution in [0.5, 0.6) is 0 Å². The van der Waals surface area contributed by atoms with Gasteiger partial charge in [-0.25, -0.2) is 34.2 Å². The summed E-state index contributed by atoms with van der Waals surface area (Å²) < 4.78 is 48.9. The Morgan fingerprint density at radius 2 is 1.52 bits per heavy atom. The van der Waals surface area contributed by atoms with E-state index in [1.807, 2.05) is 76.9 Å². The van der Waals surface area contributed by atoms with E-state index in [4.69, 9.17) is 59.9 Å². The Morgan fingerprint density at radius 1 is 0.754 bits per heavy atom. The molecule has 704 valence electrons. The number of ketones is 3. The number of Topliss-reactive ketones (excluding diaryl/α,β-unsaturated/α-hetero) is 3. The molecule has 1 saturated carbocycles. The second-order valence-electron chi connectivity index (χ2n) is 35.4. The number of nitrogens with two attached hydrogens (primary N) is 3. The summed E-state index contributed by atoms with van der Waals surface area (Å²) in [6.45, 7) is 14.8. The third-order valence-corrected chi connectivity index (χ3v) is 25.7. The predicted octanol–water partition coefficient (Wildman–Crippen LogP) is 5.81. The molecule has 3 saturated heterocycles. The number of benzene rings is 2. The van der Waals surface area contributed by atoms with Gasteiger partial charge in [-0.2, -0.15) is 10.1 Å². The van der Waals surface area contributed by atoms with Gasteiger partial charge in [-0.05, 0) is 149 Å². The maximum atomic E-state index is 14.7. The third-order valence-electron chi connectivity index (χ3n) is 25.7. The van der Waals surface area contributed by atoms with Crippen molar-refractivity contribution in [1.82, 2.24) is 64.9 Å². The monoisotopic (exact) mass is 1800 g/mol. The molecule has 2 bridgehead atoms. The van der Waals surface area contributed by atoms with Crippen LogP contribution in [-0.4, -0.2) is 290 Å². The number of nitrogens with one attached hydrogen (secondary N) is 2. The Bertz CT molecular complexity index is 5090. The first kappa shape index (κ1) is 98.2. The number of methoxy groups -OCH3 is 2. The van der Waals surface area contributed by atoms with Gasteiger partial charge in [0.15, 0.2) is 17.0 Å². The highest BCUT2D eigenvalue weighted by molar-refractivity contribution is 6.39. The molecule has 2 aromatic carbocycles. The zero-order chi connectivity index (χ0) is 93.0. The number of ether oxygens (including phenoxy) is 7. The van der Waals surface area contributed by atoms with Crippen LogP contribution in [0.3, 0.4) is 0 Å². The highest BCUT2D eigenvalue weighted by atomic mass is 16.6. The van der Waals surface area contributed by atoms with Gasteiger partial charge >= 0.3 is 12.1 Å². The first-order valence-electron chi connectivity index (χ1n) is 45.2. The number of hydrogen-bond donors (Lipinski definition) is 8. The minimum atomic E-state index is -2.52. The number of hydrogen-bond acceptors (Lipinski definition) is 31. The molecule has 6 aromatic rings. The van der Waals surface area contributed by atoms with Gasteiger partial charge in [-0.15, -0.1) is 0 Å². The maximum Gasteiger partial charge on any atom is 0.407 e. The minimum Gasteiger partial charge on any atom is -0.459 e. The van der Waals surface area contributed by atoms with Crippen LogP contribution in [0.2, 0.25) is 0 Å². The van der Waals surface area contributed by atoms with Crippen molar-refractivity contribution >= 4 is 93.0 Å². The Hall–Kier alpha value is -10.9. The smallest absolute Gasteiger partial charge is 0.407 e. The summed E-state index contributed by atoms with van der Waals surface area (Å²) in [6, 6.07) is 9.52. The SMILES string of the molecule is CO[C@H]1C[C@@H]2CC[C@@H](C)[C@@](O)(O2)C(=O)C(=O)N2CCCC[C@H]2C(=O)O[C@H]([C@H](N)C[C@@H]2CC[C@@H](OC(=O)NCc3cnc(N4CCN(C(=O)CN(C)CC(=O)NCCOCCOCCC(=O)N5CCc6cc(Cn7nc(-c8ccc9oc(N)nc9c8)c8c(N)ncnc87)ccc6C5)CC4)nc3)[C@H](OC)C2)CC(=O)[C@H](C)/C=C(\C)[C@@H](O)[C@@H](O)C(=O)[C@H](C)C[C@H](C)/C=C/C=C/C=C/1C. The number of aliphatic hydroxyl groups excluding tert-OH is 2. The zero-order valence-electron chi connectivity index (χ0n) is 75.8. The van der Waals surface area contributed by atoms with Crippen molar-refractivity contribution in [1.29, 1.82) is 0 Å². The summed E-state index contributed by atoms with van der Waals surface area (Å²) >= 11 is 0. The van der Waals surface area contributed by atoms with Gasteiger partial charge in [-0.1, -0.05) is 82.4 Å². The minimum absolute atomic E-state index is 0.00265. The summed E-state index contributed by atoms with van der Waals surface area (Å²) in [7, 11) is 4.75. The predicted molar refractivity (Wildman–Crippen MR) is 480 cm³/mol. The molecular formula is C93H127N17O20. The lowest BCUT2D eigenvalue weighted by molar-refractivity contribution is -0.265. The van der Waals surface area contributed by atoms with E-state index in [2.05, 4.69) is 47.7 Å². The number of nitrogens with zero attached hydrogens (tertiary/aromatic N) is 12. The molecule has 130 heavy (non-hydrogen) atoms. The molecule has 11 N–H and O–H groups in total. The highest BCUT2D eigenvalue weighted by Gasteiger charge is 2.53. The summed E-state index contributed by atoms with van der Waals surface area (Å²) in [5.41, 5.74) is 27.2. The van der Waals surface area contributed by atoms with Crippen LogP contribution in [0, 0.1) is 29.6 Å². The van der Waals surface area contributed by atoms with E-state index >= 15 is 0 Å². The van der Waals surface area contributed by atoms with E-state index in [0.29, 0.717) is 149 Å². The normalized spacial score (nSPS) is 27.3. The average molecular weight is 1800 g/mol. The van der Waals surface area contributed by atoms with Gasteiger partial charge in [-0.3, -0.25) is 38.5 Å². The number of fused-ring (bicyclic) bond motifs is 6. The number of esters is 1. The summed E-state index contributed by atoms with van der Waals surface area (Å²) in [5.74, 6) is -9.10. The molecule has 6 aliphatic rings. The molecule has 0 spiro atoms. The Kier molecular flexibility index (Phi) is 34.6. The number of carbonyl (C=O) groups is 9. The fraction of sp³-hybridized carbons (Fsp3) is 0.581. The number of rotatable bonds is 25. The first-order valence-corrected chi connectivity index (χ1v) is 45.2. The zero-order valence-corrected chi connectivity index (χ0v) is 75.8. The van der Waals surface area contributed by atoms with E-state index in [1.54, 1.807) is 63.2 Å². The first-order chi connectivity index (χ1) is 62.3. The number of aromatic nitrogens is 7. The number of piperidine rings is 1. The van der Waals surface area contributed by atoms with Gasteiger partial charge in [0.1, 0.15) is 59.6 Å². The molecule has 5 aliphatic heterocycles. The lowest BCUT2D eigenvalue weighted by Gasteiger charge is -2.42. The fourth-order valence-corrected chi connectivity index (χ4v) is 18.0. The summed E-state index contributed by atoms with van der Waals surface area (Å²) in [5, 5.41) is 45.9. The van der Waals surface area contributed by atoms with Crippen molar-refractivity contribution in [2.45, 2.75) is 212 Å². The Balaban J connectivity index is 0.542. The van der Waals surface area contributed by atoms with E-state index in [-0.39, 0.29) is 126 Å². The molecule has 4 aromatic heterocycles. The molecule has 0 unspecified atom stereocenters. The number of piperazine rings is 1. The van der Waals surface area contributed by atoms with Crippen LogP contribution < -0.4 is 32.7 Å². The van der Waals surface area contributed by atoms with Crippen molar-refractivity contribution in [3.05, 3.63) is 125 Å². The lowest BCUT2D eigenvalue weighted by Crippen LogP contribution is -2.61. The number of allylic oxidation sites excluding steroid dienone is 6. The van der Waals surface area contributed by atoms with E-state index in [0.717, 1.165) is 32.7 Å². The van der Waals surface area contributed by atoms with Gasteiger partial charge < -0.3 is 100 Å². The number of likely N-dealkylation sites (N-methyl/N-ethyl adjacent to an activating group) is 1. The van der Waals surface area contributed by atoms with Crippen LogP contribution >= 0.6 is 0 Å². The summed E-state index contributed by atoms with van der Waals surface area (Å²) in [6.07, 6.45) is 11.8. The van der Waals surface area contributed by atoms with Gasteiger partial charge in [0.2, 0.25) is 29.5 Å². The van der Waals surface area contributed by atoms with Crippen LogP contribution in [-0.2, 0) is 97.6 Å². The van der Waals surface area contributed by atoms with Crippen molar-refractivity contribution in [2.24, 2.45) is 35.3 Å². The molecular weight excluding hydrogens is 1680 g/mol. The Labute approximate surface area is 756 Å². The Morgan fingerprint density at radius 3 is 2.28 bits per heavy atom. The van der Waals surface area contributed by atoms with Crippen LogP contribution in [0.25, 0.3) is 33.4 Å². The van der Waals surface area contributed by atoms with E-state index < -0.39 is 120 Å². The van der Waals surface area contributed by atoms with Gasteiger partial charge in [0.25, 0.3) is 17.7 Å². The van der Waals surface area contributed by atoms with E-state index in [1.165, 1.54) is 26.4 Å². The standard InChI is InChI=1S/C93H127N17O20/c1-55-15-11-10-12-16-56(2)74(123-8)45-67-23-18-60(6)93(122,130-67)85(118)88(119)109-29-14-13-17-70(109)89(120)127-75(46-71(111)57(3)40-59(5)83(116)84(117)82(115)58(4)39-55)68(94)42-61-20-24-73(76(43-61)124-9)129-92(121)100-49-63-47-98-91(99-48-63)107-33-31-106(32-34-107)79(114)53-105(7)52-77(112)97-28-36-126-38-37-125-35-27-78(113)108-30-26-64-41-62(19-21-66(64)51-108)50-110-87-80(86(95)101-54-102-87)81(104-110)65-22-25-72-69(44-65)103-90(96)128-72/h10-12,15-16,19,21-22,25,40-41,44,47-48,54-55,57-58,60-61,67-68,70,73-76,83-84,116-117,122H,13-14,17-18,20,23-24,26-39,42-43,45-46,49-53,94H2,1-9H3,(H2,96,103)(H,97,112)(H,100,121)(H2,95,101,102)/b12-10+,15-11+,56-16+,59-40+/t55-,57-,58-,60-,61+,67+,68-,70+,73-,74+,75+,76-,83-,84+,93-/m1/s1. The number of anilines is 3. The number of aliphatic hydroxyl groups is 3. The van der Waals surface area contributed by atoms with Crippen LogP contribution in [0.1, 0.15) is 147 Å². The average Bonchev–Trinajstić information content (AvgIpc) is 1.50. The molecule has 37 nitrogen and oxygen atoms in total. The number of nitrogen functional groups attached to an aromatic ring is 2. The second-order valence-corrected chi connectivity index (χ2v) is 35.4. The number of oxazole rings is 1. The van der Waals surface area contributed by atoms with Crippen LogP contribution in [0.15, 0.2) is 107 Å². The number of alkyl carbamates (subject to hydrolysis) is 1. The molecule has 37 heteroatoms. The van der Waals surface area contributed by atoms with Crippen molar-refractivity contribution in [3.8, 4) is 11.3 Å². The second kappa shape index (κ2) is 45.8. The number of carbonyl (C=O) groups excluding carboxylic acids is 9. The largest absolute Gasteiger partial charge is 0.459 e. The summed E-state index contributed by atoms with van der Waals surface area (Å²) in [4.78, 5) is 155. The van der Waals surface area contributed by atoms with E-state index in [9.17, 15) is 58.5 Å². The fourth-order valence-electron chi connectivity index (χ4n) is 18.0. The molecule has 15 atom stereocenters. The quantitative estimate of drug-likeness (QED) is 0.0145. The number of amides is 5. The lowest BCUT2D eigenvalue weighted by atomic mass is 9.80. The molecule has 0 radical (unpaired) electrons. The number of cyclic esters (lactones) is 1. The molecule has 4 fully saturated rings. The molecule has 12 rings (SSSR count). The topological polar surface area (TPSA) is 493 Å². The third kappa shape index (κ3) is 25.5. The van der Waals surface area contributed by atoms with Gasteiger partial charge in [0, 0.05) is 133 Å². The maximum absolute atomic E-state index is 14.7. The molecule has 5 amide bonds. The molecule has 1 aliphatic carbocycles. The van der Waals surface area contributed by atoms with Crippen molar-refractivity contribution in [3.63, 3.8) is 0 Å². The molecule has 9 heterocycles. The van der Waals surface area contributed by atoms with Crippen molar-refractivity contribution < 1.29 is 96.0 Å². The van der Waals surface area contributed by atoms with Gasteiger partial charge in [0.05, 0.1) is 76.2 Å². The highest BCUT2D eigenvalue weighted by Crippen LogP contribution is 2.39. The van der Waals surface area contributed by atoms with Crippen molar-refractivity contribution in [2.75, 3.05) is 123 Å². The van der Waals surface area contributed by atoms with Crippen LogP contribution in [0.4, 0.5) is 22.6 Å².